The smallest absolute Gasteiger partial charge is 0.238 e. The van der Waals surface area contributed by atoms with E-state index in [9.17, 15) is 4.79 Å². The number of nitrogens with zero attached hydrogens (tertiary/aromatic N) is 1. The van der Waals surface area contributed by atoms with Gasteiger partial charge in [-0.15, -0.1) is 0 Å². The molecule has 2 rings (SSSR count). The number of hydrogen-bond acceptors (Lipinski definition) is 3. The number of nitrogens with one attached hydrogen (secondary N) is 1. The van der Waals surface area contributed by atoms with Crippen LogP contribution in [-0.4, -0.2) is 10.9 Å². The summed E-state index contributed by atoms with van der Waals surface area (Å²) in [5, 5.41) is 1.51. The number of hydrogen-bond donors (Lipinski definition) is 2. The van der Waals surface area contributed by atoms with Crippen LogP contribution in [0.5, 0.6) is 0 Å². The van der Waals surface area contributed by atoms with Gasteiger partial charge in [-0.3, -0.25) is 15.2 Å². The molecule has 5 heteroatoms. The molecule has 2 aromatic rings. The van der Waals surface area contributed by atoms with E-state index < -0.39 is 0 Å². The third kappa shape index (κ3) is 2.54. The molecule has 1 aromatic heterocycles. The van der Waals surface area contributed by atoms with E-state index in [4.69, 9.17) is 17.4 Å². The van der Waals surface area contributed by atoms with Crippen LogP contribution in [0.2, 0.25) is 5.02 Å². The zero-order valence-corrected chi connectivity index (χ0v) is 10.1. The zero-order chi connectivity index (χ0) is 12.4. The summed E-state index contributed by atoms with van der Waals surface area (Å²) in [4.78, 5) is 15.5. The van der Waals surface area contributed by atoms with Gasteiger partial charge in [0.2, 0.25) is 5.91 Å². The molecule has 1 aromatic carbocycles. The van der Waals surface area contributed by atoms with Gasteiger partial charge in [-0.05, 0) is 30.2 Å². The number of amides is 1. The molecule has 0 saturated heterocycles. The van der Waals surface area contributed by atoms with Crippen molar-refractivity contribution in [2.24, 2.45) is 5.84 Å². The van der Waals surface area contributed by atoms with E-state index in [1.807, 2.05) is 25.1 Å². The predicted octanol–water partition coefficient (Wildman–Crippen LogP) is 1.73. The SMILES string of the molecule is Cc1cc(CC(=O)NN)cc2cc(Cl)cnc12. The molecule has 0 aliphatic rings. The molecular formula is C12H12ClN3O. The van der Waals surface area contributed by atoms with Crippen LogP contribution in [0.25, 0.3) is 10.9 Å². The highest BCUT2D eigenvalue weighted by atomic mass is 35.5. The summed E-state index contributed by atoms with van der Waals surface area (Å²) in [5.41, 5.74) is 4.91. The Balaban J connectivity index is 2.50. The molecule has 0 aliphatic carbocycles. The molecule has 4 nitrogen and oxygen atoms in total. The quantitative estimate of drug-likeness (QED) is 0.484. The van der Waals surface area contributed by atoms with E-state index in [0.717, 1.165) is 22.0 Å². The van der Waals surface area contributed by atoms with E-state index in [-0.39, 0.29) is 12.3 Å². The first-order chi connectivity index (χ1) is 8.10. The summed E-state index contributed by atoms with van der Waals surface area (Å²) in [7, 11) is 0. The van der Waals surface area contributed by atoms with E-state index in [1.54, 1.807) is 6.20 Å². The first-order valence-electron chi connectivity index (χ1n) is 5.14. The second-order valence-electron chi connectivity index (χ2n) is 3.88. The van der Waals surface area contributed by atoms with Crippen molar-refractivity contribution in [3.05, 3.63) is 40.5 Å². The van der Waals surface area contributed by atoms with Gasteiger partial charge in [0.15, 0.2) is 0 Å². The molecule has 1 heterocycles. The van der Waals surface area contributed by atoms with Crippen LogP contribution in [0.4, 0.5) is 0 Å². The van der Waals surface area contributed by atoms with Gasteiger partial charge in [0, 0.05) is 11.6 Å². The van der Waals surface area contributed by atoms with Gasteiger partial charge in [-0.2, -0.15) is 0 Å². The number of rotatable bonds is 2. The van der Waals surface area contributed by atoms with Crippen molar-refractivity contribution in [3.8, 4) is 0 Å². The minimum atomic E-state index is -0.223. The highest BCUT2D eigenvalue weighted by Gasteiger charge is 2.06. The molecular weight excluding hydrogens is 238 g/mol. The van der Waals surface area contributed by atoms with Gasteiger partial charge < -0.3 is 0 Å². The Bertz CT molecular complexity index is 583. The fourth-order valence-electron chi connectivity index (χ4n) is 1.82. The lowest BCUT2D eigenvalue weighted by Gasteiger charge is -2.06. The maximum Gasteiger partial charge on any atom is 0.238 e. The Hall–Kier alpha value is -1.65. The molecule has 0 radical (unpaired) electrons. The lowest BCUT2D eigenvalue weighted by Crippen LogP contribution is -2.31. The van der Waals surface area contributed by atoms with Crippen molar-refractivity contribution in [1.29, 1.82) is 0 Å². The number of pyridine rings is 1. The summed E-state index contributed by atoms with van der Waals surface area (Å²) in [6.45, 7) is 1.95. The minimum absolute atomic E-state index is 0.223. The topological polar surface area (TPSA) is 68.0 Å². The van der Waals surface area contributed by atoms with E-state index >= 15 is 0 Å². The molecule has 0 spiro atoms. The van der Waals surface area contributed by atoms with Gasteiger partial charge in [-0.25, -0.2) is 5.84 Å². The first kappa shape index (κ1) is 11.8. The number of fused-ring (bicyclic) bond motifs is 1. The number of halogens is 1. The Labute approximate surface area is 104 Å². The van der Waals surface area contributed by atoms with E-state index in [1.165, 1.54) is 0 Å². The van der Waals surface area contributed by atoms with Crippen LogP contribution in [0, 0.1) is 6.92 Å². The Morgan fingerprint density at radius 2 is 2.24 bits per heavy atom. The molecule has 88 valence electrons. The van der Waals surface area contributed by atoms with Crippen LogP contribution in [0.3, 0.4) is 0 Å². The molecule has 17 heavy (non-hydrogen) atoms. The van der Waals surface area contributed by atoms with E-state index in [0.29, 0.717) is 5.02 Å². The number of carbonyl (C=O) groups is 1. The maximum absolute atomic E-state index is 11.2. The summed E-state index contributed by atoms with van der Waals surface area (Å²) in [5.74, 6) is 4.84. The minimum Gasteiger partial charge on any atom is -0.294 e. The van der Waals surface area contributed by atoms with Crippen LogP contribution in [0.1, 0.15) is 11.1 Å². The van der Waals surface area contributed by atoms with Gasteiger partial charge in [0.25, 0.3) is 0 Å². The van der Waals surface area contributed by atoms with Crippen molar-refractivity contribution < 1.29 is 4.79 Å². The van der Waals surface area contributed by atoms with Crippen molar-refractivity contribution in [1.82, 2.24) is 10.4 Å². The summed E-state index contributed by atoms with van der Waals surface area (Å²) in [6.07, 6.45) is 1.86. The van der Waals surface area contributed by atoms with Crippen LogP contribution < -0.4 is 11.3 Å². The maximum atomic E-state index is 11.2. The average molecular weight is 250 g/mol. The number of nitrogens with two attached hydrogens (primary N) is 1. The van der Waals surface area contributed by atoms with Crippen LogP contribution >= 0.6 is 11.6 Å². The standard InChI is InChI=1S/C12H12ClN3O/c1-7-2-8(4-11(17)16-14)3-9-5-10(13)6-15-12(7)9/h2-3,5-6H,4,14H2,1H3,(H,16,17). The van der Waals surface area contributed by atoms with Crippen molar-refractivity contribution in [2.75, 3.05) is 0 Å². The van der Waals surface area contributed by atoms with Crippen molar-refractivity contribution in [2.45, 2.75) is 13.3 Å². The normalized spacial score (nSPS) is 10.5. The van der Waals surface area contributed by atoms with E-state index in [2.05, 4.69) is 10.4 Å². The average Bonchev–Trinajstić information content (AvgIpc) is 2.28. The predicted molar refractivity (Wildman–Crippen MR) is 67.5 cm³/mol. The number of carbonyl (C=O) groups excluding carboxylic acids is 1. The van der Waals surface area contributed by atoms with Gasteiger partial charge in [-0.1, -0.05) is 17.7 Å². The fourth-order valence-corrected chi connectivity index (χ4v) is 1.99. The molecule has 0 aliphatic heterocycles. The molecule has 0 fully saturated rings. The Morgan fingerprint density at radius 3 is 2.94 bits per heavy atom. The fraction of sp³-hybridized carbons (Fsp3) is 0.167. The molecule has 0 saturated carbocycles. The van der Waals surface area contributed by atoms with Crippen LogP contribution in [0.15, 0.2) is 24.4 Å². The Morgan fingerprint density at radius 1 is 1.47 bits per heavy atom. The number of benzene rings is 1. The summed E-state index contributed by atoms with van der Waals surface area (Å²) < 4.78 is 0. The zero-order valence-electron chi connectivity index (χ0n) is 9.33. The van der Waals surface area contributed by atoms with Gasteiger partial charge >= 0.3 is 0 Å². The third-order valence-corrected chi connectivity index (χ3v) is 2.73. The molecule has 0 atom stereocenters. The number of aryl methyl sites for hydroxylation is 1. The largest absolute Gasteiger partial charge is 0.294 e. The lowest BCUT2D eigenvalue weighted by molar-refractivity contribution is -0.120. The third-order valence-electron chi connectivity index (χ3n) is 2.53. The molecule has 1 amide bonds. The highest BCUT2D eigenvalue weighted by Crippen LogP contribution is 2.22. The van der Waals surface area contributed by atoms with Crippen molar-refractivity contribution in [3.63, 3.8) is 0 Å². The van der Waals surface area contributed by atoms with Gasteiger partial charge in [0.1, 0.15) is 0 Å². The summed E-state index contributed by atoms with van der Waals surface area (Å²) in [6, 6.07) is 5.66. The lowest BCUT2D eigenvalue weighted by atomic mass is 10.0. The first-order valence-corrected chi connectivity index (χ1v) is 5.52. The van der Waals surface area contributed by atoms with Crippen molar-refractivity contribution >= 4 is 28.4 Å². The monoisotopic (exact) mass is 249 g/mol. The Kier molecular flexibility index (Phi) is 3.26. The van der Waals surface area contributed by atoms with Crippen LogP contribution in [-0.2, 0) is 11.2 Å². The summed E-state index contributed by atoms with van der Waals surface area (Å²) >= 11 is 5.89. The molecule has 0 bridgehead atoms. The number of hydrazine groups is 1. The highest BCUT2D eigenvalue weighted by molar-refractivity contribution is 6.31. The second kappa shape index (κ2) is 4.69. The molecule has 0 unspecified atom stereocenters. The second-order valence-corrected chi connectivity index (χ2v) is 4.32. The molecule has 3 N–H and O–H groups in total. The number of aromatic nitrogens is 1. The van der Waals surface area contributed by atoms with Gasteiger partial charge in [0.05, 0.1) is 17.0 Å².